The average molecular weight is 413 g/mol. The van der Waals surface area contributed by atoms with Crippen LogP contribution in [0.1, 0.15) is 33.2 Å². The Kier molecular flexibility index (Phi) is 7.18. The van der Waals surface area contributed by atoms with Gasteiger partial charge in [0.25, 0.3) is 0 Å². The fourth-order valence-corrected chi connectivity index (χ4v) is 2.46. The lowest BCUT2D eigenvalue weighted by Gasteiger charge is -2.20. The molecule has 1 amide bonds. The molecule has 2 unspecified atom stereocenters. The molecule has 10 heteroatoms. The summed E-state index contributed by atoms with van der Waals surface area (Å²) in [6.45, 7) is -0.534. The molecule has 0 aliphatic carbocycles. The highest BCUT2D eigenvalue weighted by atomic mass is 19.4. The molecule has 0 saturated carbocycles. The summed E-state index contributed by atoms with van der Waals surface area (Å²) in [5, 5.41) is 31.1. The molecule has 0 saturated heterocycles. The number of aliphatic hydroxyl groups excluding tert-OH is 2. The van der Waals surface area contributed by atoms with Gasteiger partial charge in [-0.05, 0) is 23.3 Å². The molecule has 0 spiro atoms. The second kappa shape index (κ2) is 9.39. The maximum absolute atomic E-state index is 13.1. The highest BCUT2D eigenvalue weighted by Gasteiger charge is 2.36. The van der Waals surface area contributed by atoms with E-state index in [2.05, 4.69) is 5.32 Å². The number of alkyl carbamates (subject to hydrolysis) is 1. The third-order valence-corrected chi connectivity index (χ3v) is 3.95. The molecule has 2 rings (SSSR count). The number of carboxylic acid groups (broad SMARTS) is 1. The van der Waals surface area contributed by atoms with E-state index in [0.29, 0.717) is 12.1 Å². The van der Waals surface area contributed by atoms with Crippen LogP contribution in [0, 0.1) is 0 Å². The fraction of sp³-hybridized carbons (Fsp3) is 0.263. The second-order valence-electron chi connectivity index (χ2n) is 6.06. The Hall–Kier alpha value is -3.11. The average Bonchev–Trinajstić information content (AvgIpc) is 2.69. The molecule has 0 heterocycles. The van der Waals surface area contributed by atoms with Crippen LogP contribution in [0.25, 0.3) is 0 Å². The van der Waals surface area contributed by atoms with Crippen molar-refractivity contribution >= 4 is 12.1 Å². The van der Waals surface area contributed by atoms with Crippen LogP contribution in [-0.4, -0.2) is 40.0 Å². The number of carbonyl (C=O) groups excluding carboxylic acids is 1. The van der Waals surface area contributed by atoms with Gasteiger partial charge < -0.3 is 25.4 Å². The molecule has 156 valence electrons. The molecule has 2 aromatic carbocycles. The number of hydrogen-bond donors (Lipinski definition) is 4. The van der Waals surface area contributed by atoms with Gasteiger partial charge in [-0.3, -0.25) is 0 Å². The molecule has 29 heavy (non-hydrogen) atoms. The number of aliphatic hydroxyl groups is 2. The van der Waals surface area contributed by atoms with Gasteiger partial charge in [0, 0.05) is 6.54 Å². The maximum atomic E-state index is 13.1. The largest absolute Gasteiger partial charge is 0.478 e. The third-order valence-electron chi connectivity index (χ3n) is 3.95. The number of rotatable bonds is 7. The van der Waals surface area contributed by atoms with Crippen LogP contribution < -0.4 is 5.32 Å². The van der Waals surface area contributed by atoms with Gasteiger partial charge in [0.2, 0.25) is 0 Å². The summed E-state index contributed by atoms with van der Waals surface area (Å²) in [7, 11) is 0. The van der Waals surface area contributed by atoms with Crippen LogP contribution in [0.5, 0.6) is 0 Å². The minimum Gasteiger partial charge on any atom is -0.478 e. The number of carbonyl (C=O) groups is 2. The molecular weight excluding hydrogens is 395 g/mol. The zero-order valence-electron chi connectivity index (χ0n) is 14.9. The quantitative estimate of drug-likeness (QED) is 0.555. The summed E-state index contributed by atoms with van der Waals surface area (Å²) in [5.74, 6) is -1.78. The Balaban J connectivity index is 1.98. The van der Waals surface area contributed by atoms with Gasteiger partial charge in [0.1, 0.15) is 18.8 Å². The first kappa shape index (κ1) is 22.2. The number of amides is 1. The minimum absolute atomic E-state index is 0.0308. The van der Waals surface area contributed by atoms with Crippen LogP contribution in [-0.2, 0) is 17.5 Å². The van der Waals surface area contributed by atoms with Crippen molar-refractivity contribution in [1.82, 2.24) is 5.32 Å². The van der Waals surface area contributed by atoms with Gasteiger partial charge in [-0.25, -0.2) is 9.59 Å². The van der Waals surface area contributed by atoms with Crippen molar-refractivity contribution < 1.29 is 42.8 Å². The van der Waals surface area contributed by atoms with E-state index in [1.807, 2.05) is 0 Å². The fourth-order valence-electron chi connectivity index (χ4n) is 2.46. The van der Waals surface area contributed by atoms with Crippen molar-refractivity contribution in [3.63, 3.8) is 0 Å². The molecule has 0 aliphatic rings. The lowest BCUT2D eigenvalue weighted by molar-refractivity contribution is -0.138. The molecule has 0 aromatic heterocycles. The van der Waals surface area contributed by atoms with Crippen LogP contribution in [0.4, 0.5) is 18.0 Å². The number of hydrogen-bond acceptors (Lipinski definition) is 5. The van der Waals surface area contributed by atoms with Crippen molar-refractivity contribution in [3.05, 3.63) is 70.8 Å². The molecule has 2 aromatic rings. The predicted octanol–water partition coefficient (Wildman–Crippen LogP) is 2.72. The lowest BCUT2D eigenvalue weighted by atomic mass is 9.98. The SMILES string of the molecule is O=C(NCC(O)C(O)c1ccc(C(=O)O)c(C(F)(F)F)c1)OCc1ccccc1. The van der Waals surface area contributed by atoms with Gasteiger partial charge >= 0.3 is 18.2 Å². The smallest absolute Gasteiger partial charge is 0.417 e. The lowest BCUT2D eigenvalue weighted by Crippen LogP contribution is -2.35. The number of ether oxygens (including phenoxy) is 1. The van der Waals surface area contributed by atoms with Gasteiger partial charge in [-0.15, -0.1) is 0 Å². The summed E-state index contributed by atoms with van der Waals surface area (Å²) in [6.07, 6.45) is -9.31. The zero-order valence-corrected chi connectivity index (χ0v) is 14.9. The Bertz CT molecular complexity index is 857. The number of aromatic carboxylic acids is 1. The van der Waals surface area contributed by atoms with E-state index in [0.717, 1.165) is 11.6 Å². The topological polar surface area (TPSA) is 116 Å². The predicted molar refractivity (Wildman–Crippen MR) is 94.0 cm³/mol. The van der Waals surface area contributed by atoms with Crippen molar-refractivity contribution in [1.29, 1.82) is 0 Å². The summed E-state index contributed by atoms with van der Waals surface area (Å²) in [4.78, 5) is 22.6. The van der Waals surface area contributed by atoms with E-state index in [9.17, 15) is 33.0 Å². The monoisotopic (exact) mass is 413 g/mol. The Morgan fingerprint density at radius 3 is 2.31 bits per heavy atom. The van der Waals surface area contributed by atoms with Crippen LogP contribution in [0.15, 0.2) is 48.5 Å². The number of halogens is 3. The van der Waals surface area contributed by atoms with Gasteiger partial charge in [-0.2, -0.15) is 13.2 Å². The summed E-state index contributed by atoms with van der Waals surface area (Å²) in [5.41, 5.74) is -2.06. The van der Waals surface area contributed by atoms with Crippen molar-refractivity contribution in [2.24, 2.45) is 0 Å². The zero-order chi connectivity index (χ0) is 21.6. The maximum Gasteiger partial charge on any atom is 0.417 e. The molecule has 7 nitrogen and oxygen atoms in total. The molecule has 2 atom stereocenters. The molecule has 0 fully saturated rings. The van der Waals surface area contributed by atoms with Crippen LogP contribution in [0.2, 0.25) is 0 Å². The van der Waals surface area contributed by atoms with Crippen molar-refractivity contribution in [2.75, 3.05) is 6.54 Å². The van der Waals surface area contributed by atoms with E-state index in [1.165, 1.54) is 0 Å². The highest BCUT2D eigenvalue weighted by Crippen LogP contribution is 2.34. The third kappa shape index (κ3) is 6.19. The first-order valence-corrected chi connectivity index (χ1v) is 8.34. The van der Waals surface area contributed by atoms with Crippen molar-refractivity contribution in [2.45, 2.75) is 25.0 Å². The van der Waals surface area contributed by atoms with E-state index in [1.54, 1.807) is 30.3 Å². The Morgan fingerprint density at radius 1 is 1.07 bits per heavy atom. The van der Waals surface area contributed by atoms with Gasteiger partial charge in [-0.1, -0.05) is 36.4 Å². The number of nitrogens with one attached hydrogen (secondary N) is 1. The number of alkyl halides is 3. The minimum atomic E-state index is -4.96. The van der Waals surface area contributed by atoms with E-state index < -0.39 is 48.1 Å². The van der Waals surface area contributed by atoms with Crippen molar-refractivity contribution in [3.8, 4) is 0 Å². The number of carboxylic acids is 1. The van der Waals surface area contributed by atoms with Gasteiger partial charge in [0.15, 0.2) is 0 Å². The van der Waals surface area contributed by atoms with Crippen LogP contribution >= 0.6 is 0 Å². The molecule has 0 aliphatic heterocycles. The molecule has 4 N–H and O–H groups in total. The highest BCUT2D eigenvalue weighted by molar-refractivity contribution is 5.89. The molecule has 0 bridgehead atoms. The normalized spacial score (nSPS) is 13.4. The Morgan fingerprint density at radius 2 is 1.72 bits per heavy atom. The molecule has 0 radical (unpaired) electrons. The summed E-state index contributed by atoms with van der Waals surface area (Å²) < 4.78 is 44.1. The van der Waals surface area contributed by atoms with Gasteiger partial charge in [0.05, 0.1) is 11.1 Å². The van der Waals surface area contributed by atoms with Crippen LogP contribution in [0.3, 0.4) is 0 Å². The first-order valence-electron chi connectivity index (χ1n) is 8.34. The number of benzene rings is 2. The van der Waals surface area contributed by atoms with E-state index in [4.69, 9.17) is 9.84 Å². The van der Waals surface area contributed by atoms with E-state index in [-0.39, 0.29) is 12.2 Å². The summed E-state index contributed by atoms with van der Waals surface area (Å²) >= 11 is 0. The Labute approximate surface area is 163 Å². The molecular formula is C19H18F3NO6. The second-order valence-corrected chi connectivity index (χ2v) is 6.06. The van der Waals surface area contributed by atoms with E-state index >= 15 is 0 Å². The standard InChI is InChI=1S/C19H18F3NO6/c20-19(21,22)14-8-12(6-7-13(14)17(26)27)16(25)15(24)9-23-18(28)29-10-11-4-2-1-3-5-11/h1-8,15-16,24-25H,9-10H2,(H,23,28)(H,26,27). The first-order chi connectivity index (χ1) is 13.6. The summed E-state index contributed by atoms with van der Waals surface area (Å²) in [6, 6.07) is 10.8.